The summed E-state index contributed by atoms with van der Waals surface area (Å²) in [5.41, 5.74) is 0.948. The van der Waals surface area contributed by atoms with Crippen LogP contribution < -0.4 is 5.32 Å². The van der Waals surface area contributed by atoms with Crippen molar-refractivity contribution in [2.75, 3.05) is 13.2 Å². The van der Waals surface area contributed by atoms with Crippen molar-refractivity contribution in [2.45, 2.75) is 65.6 Å². The second-order valence-electron chi connectivity index (χ2n) is 6.64. The lowest BCUT2D eigenvalue weighted by Crippen LogP contribution is -2.47. The van der Waals surface area contributed by atoms with E-state index in [0.717, 1.165) is 18.4 Å². The Kier molecular flexibility index (Phi) is 10.3. The summed E-state index contributed by atoms with van der Waals surface area (Å²) < 4.78 is 5.46. The SMILES string of the molecule is CCCC(=O)N(Cc1ccc(Cl)cc1)[C@@H](C)C(=O)NCCCOC(C)C. The van der Waals surface area contributed by atoms with E-state index in [0.29, 0.717) is 31.1 Å². The van der Waals surface area contributed by atoms with Crippen LogP contribution in [-0.2, 0) is 20.9 Å². The van der Waals surface area contributed by atoms with Crippen LogP contribution in [0.1, 0.15) is 52.5 Å². The molecule has 146 valence electrons. The largest absolute Gasteiger partial charge is 0.379 e. The van der Waals surface area contributed by atoms with Crippen LogP contribution in [0.5, 0.6) is 0 Å². The number of carbonyl (C=O) groups is 2. The summed E-state index contributed by atoms with van der Waals surface area (Å²) in [5, 5.41) is 3.54. The Labute approximate surface area is 162 Å². The van der Waals surface area contributed by atoms with E-state index in [2.05, 4.69) is 5.32 Å². The molecule has 0 aliphatic carbocycles. The van der Waals surface area contributed by atoms with Gasteiger partial charge in [0.1, 0.15) is 6.04 Å². The third kappa shape index (κ3) is 8.19. The summed E-state index contributed by atoms with van der Waals surface area (Å²) in [6.07, 6.45) is 2.10. The van der Waals surface area contributed by atoms with Crippen molar-refractivity contribution in [3.8, 4) is 0 Å². The topological polar surface area (TPSA) is 58.6 Å². The van der Waals surface area contributed by atoms with Crippen LogP contribution in [0.3, 0.4) is 0 Å². The molecule has 1 aromatic carbocycles. The Morgan fingerprint density at radius 1 is 1.19 bits per heavy atom. The monoisotopic (exact) mass is 382 g/mol. The highest BCUT2D eigenvalue weighted by atomic mass is 35.5. The molecule has 1 N–H and O–H groups in total. The summed E-state index contributed by atoms with van der Waals surface area (Å²) in [6, 6.07) is 6.80. The number of hydrogen-bond acceptors (Lipinski definition) is 3. The van der Waals surface area contributed by atoms with E-state index in [-0.39, 0.29) is 17.9 Å². The quantitative estimate of drug-likeness (QED) is 0.592. The van der Waals surface area contributed by atoms with Crippen molar-refractivity contribution in [2.24, 2.45) is 0 Å². The van der Waals surface area contributed by atoms with Crippen LogP contribution in [0.25, 0.3) is 0 Å². The minimum Gasteiger partial charge on any atom is -0.379 e. The van der Waals surface area contributed by atoms with E-state index in [9.17, 15) is 9.59 Å². The maximum Gasteiger partial charge on any atom is 0.242 e. The number of amides is 2. The van der Waals surface area contributed by atoms with E-state index >= 15 is 0 Å². The number of nitrogens with zero attached hydrogens (tertiary/aromatic N) is 1. The minimum absolute atomic E-state index is 0.0201. The Bertz CT molecular complexity index is 561. The molecule has 0 spiro atoms. The average Bonchev–Trinajstić information content (AvgIpc) is 2.60. The summed E-state index contributed by atoms with van der Waals surface area (Å²) in [6.45, 7) is 9.22. The molecule has 0 radical (unpaired) electrons. The number of nitrogens with one attached hydrogen (secondary N) is 1. The van der Waals surface area contributed by atoms with Crippen LogP contribution >= 0.6 is 11.6 Å². The number of rotatable bonds is 11. The molecule has 5 nitrogen and oxygen atoms in total. The Hall–Kier alpha value is -1.59. The van der Waals surface area contributed by atoms with Crippen molar-refractivity contribution < 1.29 is 14.3 Å². The molecule has 0 saturated carbocycles. The second-order valence-corrected chi connectivity index (χ2v) is 7.07. The molecular weight excluding hydrogens is 352 g/mol. The molecule has 0 aliphatic rings. The van der Waals surface area contributed by atoms with Gasteiger partial charge in [-0.2, -0.15) is 0 Å². The fraction of sp³-hybridized carbons (Fsp3) is 0.600. The molecule has 0 aliphatic heterocycles. The lowest BCUT2D eigenvalue weighted by Gasteiger charge is -2.29. The third-order valence-electron chi connectivity index (χ3n) is 3.97. The predicted octanol–water partition coefficient (Wildman–Crippen LogP) is 3.79. The van der Waals surface area contributed by atoms with Gasteiger partial charge in [-0.05, 0) is 51.3 Å². The van der Waals surface area contributed by atoms with E-state index < -0.39 is 6.04 Å². The zero-order valence-electron chi connectivity index (χ0n) is 16.3. The molecule has 1 atom stereocenters. The van der Waals surface area contributed by atoms with Gasteiger partial charge >= 0.3 is 0 Å². The number of benzene rings is 1. The summed E-state index contributed by atoms with van der Waals surface area (Å²) in [4.78, 5) is 26.6. The van der Waals surface area contributed by atoms with E-state index in [1.165, 1.54) is 0 Å². The summed E-state index contributed by atoms with van der Waals surface area (Å²) in [7, 11) is 0. The van der Waals surface area contributed by atoms with Crippen LogP contribution in [0.15, 0.2) is 24.3 Å². The first-order valence-corrected chi connectivity index (χ1v) is 9.66. The first-order valence-electron chi connectivity index (χ1n) is 9.28. The molecule has 26 heavy (non-hydrogen) atoms. The molecule has 6 heteroatoms. The van der Waals surface area contributed by atoms with Gasteiger partial charge in [-0.15, -0.1) is 0 Å². The standard InChI is InChI=1S/C20H31ClN2O3/c1-5-7-19(24)23(14-17-8-10-18(21)11-9-17)16(4)20(25)22-12-6-13-26-15(2)3/h8-11,15-16H,5-7,12-14H2,1-4H3,(H,22,25)/t16-/m0/s1. The number of halogens is 1. The van der Waals surface area contributed by atoms with Gasteiger partial charge in [0.15, 0.2) is 0 Å². The van der Waals surface area contributed by atoms with Crippen molar-refractivity contribution >= 4 is 23.4 Å². The van der Waals surface area contributed by atoms with Gasteiger partial charge in [0.2, 0.25) is 11.8 Å². The first-order chi connectivity index (χ1) is 12.3. The second kappa shape index (κ2) is 11.9. The molecule has 0 aromatic heterocycles. The van der Waals surface area contributed by atoms with Gasteiger partial charge in [-0.1, -0.05) is 30.7 Å². The zero-order chi connectivity index (χ0) is 19.5. The fourth-order valence-electron chi connectivity index (χ4n) is 2.48. The minimum atomic E-state index is -0.532. The van der Waals surface area contributed by atoms with E-state index in [1.54, 1.807) is 24.0 Å². The zero-order valence-corrected chi connectivity index (χ0v) is 17.0. The van der Waals surface area contributed by atoms with Crippen molar-refractivity contribution in [3.05, 3.63) is 34.9 Å². The summed E-state index contributed by atoms with van der Waals surface area (Å²) >= 11 is 5.92. The Morgan fingerprint density at radius 2 is 1.85 bits per heavy atom. The molecule has 2 amide bonds. The lowest BCUT2D eigenvalue weighted by atomic mass is 10.1. The fourth-order valence-corrected chi connectivity index (χ4v) is 2.60. The van der Waals surface area contributed by atoms with Crippen LogP contribution in [0.4, 0.5) is 0 Å². The maximum absolute atomic E-state index is 12.5. The lowest BCUT2D eigenvalue weighted by molar-refractivity contribution is -0.140. The Balaban J connectivity index is 2.65. The molecule has 0 saturated heterocycles. The molecular formula is C20H31ClN2O3. The van der Waals surface area contributed by atoms with E-state index in [1.807, 2.05) is 32.9 Å². The highest BCUT2D eigenvalue weighted by Gasteiger charge is 2.25. The van der Waals surface area contributed by atoms with Gasteiger partial charge in [0.05, 0.1) is 6.10 Å². The molecule has 0 fully saturated rings. The van der Waals surface area contributed by atoms with Crippen molar-refractivity contribution in [1.82, 2.24) is 10.2 Å². The maximum atomic E-state index is 12.5. The summed E-state index contributed by atoms with van der Waals surface area (Å²) in [5.74, 6) is -0.166. The van der Waals surface area contributed by atoms with Crippen molar-refractivity contribution in [1.29, 1.82) is 0 Å². The smallest absolute Gasteiger partial charge is 0.242 e. The molecule has 0 unspecified atom stereocenters. The van der Waals surface area contributed by atoms with Gasteiger partial charge < -0.3 is 15.0 Å². The van der Waals surface area contributed by atoms with Crippen LogP contribution in [0.2, 0.25) is 5.02 Å². The van der Waals surface area contributed by atoms with Crippen molar-refractivity contribution in [3.63, 3.8) is 0 Å². The van der Waals surface area contributed by atoms with Gasteiger partial charge in [0.25, 0.3) is 0 Å². The predicted molar refractivity (Wildman–Crippen MR) is 105 cm³/mol. The number of hydrogen-bond donors (Lipinski definition) is 1. The van der Waals surface area contributed by atoms with E-state index in [4.69, 9.17) is 16.3 Å². The molecule has 1 aromatic rings. The van der Waals surface area contributed by atoms with Crippen LogP contribution in [0, 0.1) is 0 Å². The third-order valence-corrected chi connectivity index (χ3v) is 4.22. The first kappa shape index (κ1) is 22.5. The Morgan fingerprint density at radius 3 is 2.42 bits per heavy atom. The highest BCUT2D eigenvalue weighted by Crippen LogP contribution is 2.15. The number of carbonyl (C=O) groups excluding carboxylic acids is 2. The normalized spacial score (nSPS) is 12.1. The molecule has 1 rings (SSSR count). The average molecular weight is 383 g/mol. The van der Waals surface area contributed by atoms with Gasteiger partial charge in [0, 0.05) is 31.1 Å². The van der Waals surface area contributed by atoms with Gasteiger partial charge in [-0.25, -0.2) is 0 Å². The number of ether oxygens (including phenoxy) is 1. The van der Waals surface area contributed by atoms with Gasteiger partial charge in [-0.3, -0.25) is 9.59 Å². The van der Waals surface area contributed by atoms with Crippen LogP contribution in [-0.4, -0.2) is 42.0 Å². The molecule has 0 bridgehead atoms. The highest BCUT2D eigenvalue weighted by molar-refractivity contribution is 6.30. The molecule has 0 heterocycles.